The van der Waals surface area contributed by atoms with E-state index in [4.69, 9.17) is 5.73 Å². The van der Waals surface area contributed by atoms with Crippen molar-refractivity contribution in [3.63, 3.8) is 0 Å². The second-order valence-corrected chi connectivity index (χ2v) is 6.92. The maximum absolute atomic E-state index is 15.0. The molecule has 3 heterocycles. The Labute approximate surface area is 168 Å². The Balaban J connectivity index is 1.82. The number of aromatic amines is 1. The van der Waals surface area contributed by atoms with Crippen LogP contribution in [0.3, 0.4) is 0 Å². The molecule has 2 aromatic heterocycles. The minimum absolute atomic E-state index is 0.0863. The number of nitrogen functional groups attached to an aromatic ring is 1. The molecule has 2 aromatic carbocycles. The van der Waals surface area contributed by atoms with Crippen LogP contribution >= 0.6 is 0 Å². The Morgan fingerprint density at radius 3 is 2.80 bits per heavy atom. The first-order valence-corrected chi connectivity index (χ1v) is 9.09. The lowest BCUT2D eigenvalue weighted by Crippen LogP contribution is -2.47. The summed E-state index contributed by atoms with van der Waals surface area (Å²) in [4.78, 5) is 22.6. The van der Waals surface area contributed by atoms with Crippen LogP contribution in [0.4, 0.5) is 32.0 Å². The van der Waals surface area contributed by atoms with E-state index in [0.29, 0.717) is 5.56 Å². The number of carbonyl (C=O) groups is 1. The largest absolute Gasteiger partial charge is 0.368 e. The summed E-state index contributed by atoms with van der Waals surface area (Å²) < 4.78 is 29.0. The van der Waals surface area contributed by atoms with E-state index in [0.717, 1.165) is 10.9 Å². The average molecular weight is 407 g/mol. The molecule has 30 heavy (non-hydrogen) atoms. The van der Waals surface area contributed by atoms with Crippen LogP contribution < -0.4 is 15.8 Å². The van der Waals surface area contributed by atoms with E-state index in [1.54, 1.807) is 30.5 Å². The van der Waals surface area contributed by atoms with E-state index in [2.05, 4.69) is 20.2 Å². The number of hydrogen-bond donors (Lipinski definition) is 2. The number of anilines is 4. The number of rotatable bonds is 2. The van der Waals surface area contributed by atoms with Crippen molar-refractivity contribution in [3.05, 3.63) is 54.5 Å². The van der Waals surface area contributed by atoms with Gasteiger partial charge in [-0.1, -0.05) is 16.6 Å². The number of fused-ring (bicyclic) bond motifs is 2. The third kappa shape index (κ3) is 2.65. The van der Waals surface area contributed by atoms with E-state index in [-0.39, 0.29) is 34.0 Å². The van der Waals surface area contributed by atoms with Gasteiger partial charge in [0.15, 0.2) is 5.82 Å². The van der Waals surface area contributed by atoms with Gasteiger partial charge < -0.3 is 5.73 Å². The van der Waals surface area contributed by atoms with Crippen molar-refractivity contribution in [1.29, 1.82) is 0 Å². The standard InChI is InChI=1S/C20H15F2N7O/c1-10-19(30)28(14-4-2-3-13(21)8-14)17-16(25-20(23)26-18(17)29(10)22)11-5-6-15-12(7-11)9-24-27-15/h2-10H,1H3,(H,24,27)(H2,23,25,26). The highest BCUT2D eigenvalue weighted by atomic mass is 19.2. The van der Waals surface area contributed by atoms with Gasteiger partial charge in [-0.3, -0.25) is 14.8 Å². The number of hydrogen-bond acceptors (Lipinski definition) is 6. The lowest BCUT2D eigenvalue weighted by atomic mass is 10.0. The molecule has 1 aliphatic rings. The van der Waals surface area contributed by atoms with E-state index in [1.807, 2.05) is 0 Å². The molecular weight excluding hydrogens is 392 g/mol. The Morgan fingerprint density at radius 1 is 1.17 bits per heavy atom. The minimum atomic E-state index is -1.18. The van der Waals surface area contributed by atoms with Gasteiger partial charge >= 0.3 is 0 Å². The van der Waals surface area contributed by atoms with Crippen LogP contribution in [0.1, 0.15) is 6.92 Å². The van der Waals surface area contributed by atoms with Gasteiger partial charge in [0.05, 0.1) is 17.4 Å². The highest BCUT2D eigenvalue weighted by Crippen LogP contribution is 2.45. The molecule has 0 saturated heterocycles. The van der Waals surface area contributed by atoms with Crippen molar-refractivity contribution >= 4 is 40.0 Å². The second-order valence-electron chi connectivity index (χ2n) is 6.92. The number of amides is 1. The molecule has 1 atom stereocenters. The van der Waals surface area contributed by atoms with E-state index in [9.17, 15) is 9.18 Å². The van der Waals surface area contributed by atoms with E-state index >= 15 is 4.48 Å². The maximum Gasteiger partial charge on any atom is 0.257 e. The van der Waals surface area contributed by atoms with Crippen LogP contribution in [-0.4, -0.2) is 32.1 Å². The van der Waals surface area contributed by atoms with Crippen molar-refractivity contribution in [3.8, 4) is 11.3 Å². The summed E-state index contributed by atoms with van der Waals surface area (Å²) in [6.07, 6.45) is 1.63. The van der Waals surface area contributed by atoms with Crippen LogP contribution in [0, 0.1) is 5.82 Å². The molecule has 0 fully saturated rings. The highest BCUT2D eigenvalue weighted by Gasteiger charge is 2.41. The van der Waals surface area contributed by atoms with Crippen molar-refractivity contribution in [2.24, 2.45) is 0 Å². The zero-order valence-corrected chi connectivity index (χ0v) is 15.7. The maximum atomic E-state index is 15.0. The molecule has 1 aliphatic heterocycles. The van der Waals surface area contributed by atoms with Crippen molar-refractivity contribution in [2.45, 2.75) is 13.0 Å². The van der Waals surface area contributed by atoms with Gasteiger partial charge in [-0.25, -0.2) is 9.37 Å². The first kappa shape index (κ1) is 18.0. The molecule has 10 heteroatoms. The fourth-order valence-electron chi connectivity index (χ4n) is 3.55. The lowest BCUT2D eigenvalue weighted by Gasteiger charge is -2.36. The Morgan fingerprint density at radius 2 is 2.00 bits per heavy atom. The Hall–Kier alpha value is -4.08. The number of H-pyrrole nitrogens is 1. The van der Waals surface area contributed by atoms with Crippen molar-refractivity contribution < 1.29 is 13.7 Å². The quantitative estimate of drug-likeness (QED) is 0.493. The Bertz CT molecular complexity index is 1310. The molecule has 0 bridgehead atoms. The summed E-state index contributed by atoms with van der Waals surface area (Å²) in [5.74, 6) is -1.44. The van der Waals surface area contributed by atoms with Crippen LogP contribution in [0.5, 0.6) is 0 Å². The predicted molar refractivity (Wildman–Crippen MR) is 108 cm³/mol. The number of halogens is 2. The van der Waals surface area contributed by atoms with Crippen LogP contribution in [0.15, 0.2) is 48.7 Å². The summed E-state index contributed by atoms with van der Waals surface area (Å²) >= 11 is 0. The van der Waals surface area contributed by atoms with Crippen LogP contribution in [-0.2, 0) is 4.79 Å². The van der Waals surface area contributed by atoms with Crippen LogP contribution in [0.25, 0.3) is 22.2 Å². The predicted octanol–water partition coefficient (Wildman–Crippen LogP) is 3.50. The SMILES string of the molecule is CC1C(=O)N(c2cccc(F)c2)c2c(-c3ccc4[nH]ncc4c3)nc(N)nc2N1F. The molecule has 3 N–H and O–H groups in total. The van der Waals surface area contributed by atoms with Gasteiger partial charge in [-0.05, 0) is 37.3 Å². The molecular formula is C20H15F2N7O. The molecule has 5 rings (SSSR count). The molecule has 1 amide bonds. The summed E-state index contributed by atoms with van der Waals surface area (Å²) in [5, 5.41) is 7.89. The molecule has 0 saturated carbocycles. The second kappa shape index (κ2) is 6.48. The van der Waals surface area contributed by atoms with Crippen molar-refractivity contribution in [2.75, 3.05) is 15.8 Å². The molecule has 8 nitrogen and oxygen atoms in total. The molecule has 0 aliphatic carbocycles. The first-order valence-electron chi connectivity index (χ1n) is 9.09. The number of aromatic nitrogens is 4. The smallest absolute Gasteiger partial charge is 0.257 e. The van der Waals surface area contributed by atoms with Gasteiger partial charge in [-0.2, -0.15) is 15.2 Å². The molecule has 150 valence electrons. The number of carbonyl (C=O) groups excluding carboxylic acids is 1. The molecule has 4 aromatic rings. The fraction of sp³-hybridized carbons (Fsp3) is 0.100. The third-order valence-electron chi connectivity index (χ3n) is 5.01. The number of benzene rings is 2. The summed E-state index contributed by atoms with van der Waals surface area (Å²) in [5.41, 5.74) is 7.81. The monoisotopic (exact) mass is 407 g/mol. The van der Waals surface area contributed by atoms with Gasteiger partial charge in [0.1, 0.15) is 23.2 Å². The molecule has 0 spiro atoms. The summed E-state index contributed by atoms with van der Waals surface area (Å²) in [6.45, 7) is 1.40. The van der Waals surface area contributed by atoms with E-state index < -0.39 is 17.8 Å². The van der Waals surface area contributed by atoms with Crippen molar-refractivity contribution in [1.82, 2.24) is 20.2 Å². The van der Waals surface area contributed by atoms with Crippen LogP contribution in [0.2, 0.25) is 0 Å². The summed E-state index contributed by atoms with van der Waals surface area (Å²) in [6, 6.07) is 9.63. The molecule has 1 unspecified atom stereocenters. The van der Waals surface area contributed by atoms with Gasteiger partial charge in [-0.15, -0.1) is 0 Å². The lowest BCUT2D eigenvalue weighted by molar-refractivity contribution is -0.119. The number of nitrogens with two attached hydrogens (primary N) is 1. The highest BCUT2D eigenvalue weighted by molar-refractivity contribution is 6.12. The van der Waals surface area contributed by atoms with Gasteiger partial charge in [0.25, 0.3) is 5.91 Å². The zero-order chi connectivity index (χ0) is 21.0. The number of nitrogens with zero attached hydrogens (tertiary/aromatic N) is 5. The fourth-order valence-corrected chi connectivity index (χ4v) is 3.55. The van der Waals surface area contributed by atoms with Gasteiger partial charge in [0.2, 0.25) is 5.95 Å². The topological polar surface area (TPSA) is 104 Å². The Kier molecular flexibility index (Phi) is 3.88. The van der Waals surface area contributed by atoms with Gasteiger partial charge in [0, 0.05) is 10.9 Å². The zero-order valence-electron chi connectivity index (χ0n) is 15.7. The normalized spacial score (nSPS) is 16.2. The minimum Gasteiger partial charge on any atom is -0.368 e. The third-order valence-corrected chi connectivity index (χ3v) is 5.01. The molecule has 0 radical (unpaired) electrons. The van der Waals surface area contributed by atoms with E-state index in [1.165, 1.54) is 30.0 Å². The average Bonchev–Trinajstić information content (AvgIpc) is 3.20. The first-order chi connectivity index (χ1) is 14.4. The summed E-state index contributed by atoms with van der Waals surface area (Å²) in [7, 11) is 0. The number of nitrogens with one attached hydrogen (secondary N) is 1.